The van der Waals surface area contributed by atoms with Crippen LogP contribution in [0.25, 0.3) is 0 Å². The molecule has 116 valence electrons. The Morgan fingerprint density at radius 2 is 1.95 bits per heavy atom. The SMILES string of the molecule is CN1CCN(C)C(CNc2c(F)cc(C(=O)O)cc2F)C1. The van der Waals surface area contributed by atoms with Gasteiger partial charge in [0, 0.05) is 32.2 Å². The Morgan fingerprint density at radius 1 is 1.33 bits per heavy atom. The van der Waals surface area contributed by atoms with Gasteiger partial charge in [-0.3, -0.25) is 4.90 Å². The molecule has 1 unspecified atom stereocenters. The Bertz CT molecular complexity index is 516. The molecule has 1 aliphatic heterocycles. The summed E-state index contributed by atoms with van der Waals surface area (Å²) in [6.07, 6.45) is 0. The first-order valence-electron chi connectivity index (χ1n) is 6.73. The van der Waals surface area contributed by atoms with Gasteiger partial charge in [-0.1, -0.05) is 0 Å². The van der Waals surface area contributed by atoms with E-state index in [1.165, 1.54) is 0 Å². The second kappa shape index (κ2) is 6.36. The molecule has 0 aromatic heterocycles. The standard InChI is InChI=1S/C14H19F2N3O2/c1-18-3-4-19(2)10(8-18)7-17-13-11(15)5-9(14(20)21)6-12(13)16/h5-6,10,17H,3-4,7-8H2,1-2H3,(H,20,21). The summed E-state index contributed by atoms with van der Waals surface area (Å²) in [4.78, 5) is 15.0. The van der Waals surface area contributed by atoms with Crippen molar-refractivity contribution in [1.29, 1.82) is 0 Å². The number of rotatable bonds is 4. The first kappa shape index (κ1) is 15.7. The van der Waals surface area contributed by atoms with Crippen LogP contribution in [-0.2, 0) is 0 Å². The van der Waals surface area contributed by atoms with Gasteiger partial charge in [-0.05, 0) is 26.2 Å². The summed E-state index contributed by atoms with van der Waals surface area (Å²) in [6, 6.07) is 1.79. The molecule has 0 saturated carbocycles. The van der Waals surface area contributed by atoms with Crippen LogP contribution in [-0.4, -0.2) is 67.2 Å². The zero-order chi connectivity index (χ0) is 15.6. The third kappa shape index (κ3) is 3.68. The number of carboxylic acids is 1. The molecule has 1 saturated heterocycles. The number of hydrogen-bond donors (Lipinski definition) is 2. The second-order valence-electron chi connectivity index (χ2n) is 5.40. The van der Waals surface area contributed by atoms with Crippen LogP contribution in [0.1, 0.15) is 10.4 Å². The summed E-state index contributed by atoms with van der Waals surface area (Å²) >= 11 is 0. The van der Waals surface area contributed by atoms with Gasteiger partial charge in [-0.25, -0.2) is 13.6 Å². The number of aromatic carboxylic acids is 1. The number of likely N-dealkylation sites (N-methyl/N-ethyl adjacent to an activating group) is 2. The van der Waals surface area contributed by atoms with Gasteiger partial charge in [0.2, 0.25) is 0 Å². The lowest BCUT2D eigenvalue weighted by atomic mass is 10.1. The predicted octanol–water partition coefficient (Wildman–Crippen LogP) is 1.32. The highest BCUT2D eigenvalue weighted by Crippen LogP contribution is 2.21. The molecule has 0 aliphatic carbocycles. The van der Waals surface area contributed by atoms with E-state index >= 15 is 0 Å². The van der Waals surface area contributed by atoms with Crippen LogP contribution in [0, 0.1) is 11.6 Å². The van der Waals surface area contributed by atoms with Crippen LogP contribution in [0.15, 0.2) is 12.1 Å². The second-order valence-corrected chi connectivity index (χ2v) is 5.40. The molecule has 1 heterocycles. The summed E-state index contributed by atoms with van der Waals surface area (Å²) in [7, 11) is 3.97. The number of benzene rings is 1. The molecule has 21 heavy (non-hydrogen) atoms. The van der Waals surface area contributed by atoms with E-state index in [4.69, 9.17) is 5.11 Å². The minimum absolute atomic E-state index is 0.140. The van der Waals surface area contributed by atoms with Crippen LogP contribution in [0.5, 0.6) is 0 Å². The van der Waals surface area contributed by atoms with Crippen molar-refractivity contribution in [3.8, 4) is 0 Å². The molecule has 7 heteroatoms. The molecular formula is C14H19F2N3O2. The van der Waals surface area contributed by atoms with Crippen molar-refractivity contribution in [2.45, 2.75) is 6.04 Å². The van der Waals surface area contributed by atoms with E-state index in [0.717, 1.165) is 31.8 Å². The molecule has 2 N–H and O–H groups in total. The van der Waals surface area contributed by atoms with Crippen molar-refractivity contribution >= 4 is 11.7 Å². The molecule has 1 atom stereocenters. The summed E-state index contributed by atoms with van der Waals surface area (Å²) < 4.78 is 27.6. The number of hydrogen-bond acceptors (Lipinski definition) is 4. The molecule has 1 fully saturated rings. The Labute approximate surface area is 122 Å². The zero-order valence-corrected chi connectivity index (χ0v) is 12.1. The number of anilines is 1. The zero-order valence-electron chi connectivity index (χ0n) is 12.1. The van der Waals surface area contributed by atoms with Crippen LogP contribution in [0.2, 0.25) is 0 Å². The van der Waals surface area contributed by atoms with Gasteiger partial charge in [-0.15, -0.1) is 0 Å². The van der Waals surface area contributed by atoms with Crippen LogP contribution >= 0.6 is 0 Å². The third-order valence-electron chi connectivity index (χ3n) is 3.78. The molecule has 1 aliphatic rings. The summed E-state index contributed by atoms with van der Waals surface area (Å²) in [5.74, 6) is -3.13. The lowest BCUT2D eigenvalue weighted by Gasteiger charge is -2.37. The monoisotopic (exact) mass is 299 g/mol. The fourth-order valence-corrected chi connectivity index (χ4v) is 2.41. The quantitative estimate of drug-likeness (QED) is 0.878. The molecule has 1 aromatic rings. The Morgan fingerprint density at radius 3 is 2.52 bits per heavy atom. The van der Waals surface area contributed by atoms with Gasteiger partial charge in [0.1, 0.15) is 17.3 Å². The average Bonchev–Trinajstić information content (AvgIpc) is 2.41. The largest absolute Gasteiger partial charge is 0.478 e. The smallest absolute Gasteiger partial charge is 0.335 e. The van der Waals surface area contributed by atoms with E-state index in [0.29, 0.717) is 6.54 Å². The van der Waals surface area contributed by atoms with Gasteiger partial charge in [0.15, 0.2) is 0 Å². The van der Waals surface area contributed by atoms with E-state index in [1.54, 1.807) is 0 Å². The first-order chi connectivity index (χ1) is 9.88. The number of nitrogens with zero attached hydrogens (tertiary/aromatic N) is 2. The molecule has 2 rings (SSSR count). The lowest BCUT2D eigenvalue weighted by Crippen LogP contribution is -2.52. The van der Waals surface area contributed by atoms with Crippen LogP contribution < -0.4 is 5.32 Å². The highest BCUT2D eigenvalue weighted by molar-refractivity contribution is 5.88. The van der Waals surface area contributed by atoms with Gasteiger partial charge in [-0.2, -0.15) is 0 Å². The molecule has 0 amide bonds. The Balaban J connectivity index is 2.08. The maximum Gasteiger partial charge on any atom is 0.335 e. The molecule has 0 radical (unpaired) electrons. The topological polar surface area (TPSA) is 55.8 Å². The summed E-state index contributed by atoms with van der Waals surface area (Å²) in [5, 5.41) is 11.5. The fraction of sp³-hybridized carbons (Fsp3) is 0.500. The highest BCUT2D eigenvalue weighted by atomic mass is 19.1. The van der Waals surface area contributed by atoms with Crippen molar-refractivity contribution in [1.82, 2.24) is 9.80 Å². The van der Waals surface area contributed by atoms with E-state index in [2.05, 4.69) is 15.1 Å². The molecule has 5 nitrogen and oxygen atoms in total. The predicted molar refractivity (Wildman–Crippen MR) is 75.7 cm³/mol. The first-order valence-corrected chi connectivity index (χ1v) is 6.73. The number of carbonyl (C=O) groups is 1. The average molecular weight is 299 g/mol. The van der Waals surface area contributed by atoms with Gasteiger partial charge in [0.05, 0.1) is 5.56 Å². The summed E-state index contributed by atoms with van der Waals surface area (Å²) in [5.41, 5.74) is -0.674. The number of piperazine rings is 1. The van der Waals surface area contributed by atoms with Crippen LogP contribution in [0.4, 0.5) is 14.5 Å². The minimum Gasteiger partial charge on any atom is -0.478 e. The lowest BCUT2D eigenvalue weighted by molar-refractivity contribution is 0.0696. The van der Waals surface area contributed by atoms with E-state index in [1.807, 2.05) is 14.1 Å². The summed E-state index contributed by atoms with van der Waals surface area (Å²) in [6.45, 7) is 3.05. The van der Waals surface area contributed by atoms with Crippen molar-refractivity contribution in [2.75, 3.05) is 45.6 Å². The Kier molecular flexibility index (Phi) is 4.74. The number of halogens is 2. The fourth-order valence-electron chi connectivity index (χ4n) is 2.41. The number of carboxylic acid groups (broad SMARTS) is 1. The maximum atomic E-state index is 13.8. The van der Waals surface area contributed by atoms with Crippen molar-refractivity contribution in [3.05, 3.63) is 29.3 Å². The normalized spacial score (nSPS) is 20.5. The van der Waals surface area contributed by atoms with E-state index in [-0.39, 0.29) is 11.7 Å². The van der Waals surface area contributed by atoms with E-state index in [9.17, 15) is 13.6 Å². The van der Waals surface area contributed by atoms with Gasteiger partial charge in [0.25, 0.3) is 0 Å². The van der Waals surface area contributed by atoms with Crippen molar-refractivity contribution in [2.24, 2.45) is 0 Å². The minimum atomic E-state index is -1.35. The molecular weight excluding hydrogens is 280 g/mol. The number of nitrogens with one attached hydrogen (secondary N) is 1. The molecule has 1 aromatic carbocycles. The Hall–Kier alpha value is -1.73. The molecule has 0 spiro atoms. The van der Waals surface area contributed by atoms with Crippen molar-refractivity contribution in [3.63, 3.8) is 0 Å². The maximum absolute atomic E-state index is 13.8. The highest BCUT2D eigenvalue weighted by Gasteiger charge is 2.23. The van der Waals surface area contributed by atoms with Gasteiger partial charge >= 0.3 is 5.97 Å². The van der Waals surface area contributed by atoms with Crippen molar-refractivity contribution < 1.29 is 18.7 Å². The van der Waals surface area contributed by atoms with Crippen LogP contribution in [0.3, 0.4) is 0 Å². The van der Waals surface area contributed by atoms with Gasteiger partial charge < -0.3 is 15.3 Å². The van der Waals surface area contributed by atoms with E-state index < -0.39 is 23.2 Å². The third-order valence-corrected chi connectivity index (χ3v) is 3.78. The molecule has 0 bridgehead atoms.